The Morgan fingerprint density at radius 2 is 1.42 bits per heavy atom. The molecule has 3 N–H and O–H groups in total. The molecule has 1 aromatic carbocycles. The first kappa shape index (κ1) is 48.5. The zero-order valence-electron chi connectivity index (χ0n) is 39.5. The normalized spacial score (nSPS) is 21.5. The lowest BCUT2D eigenvalue weighted by molar-refractivity contribution is -0.138. The van der Waals surface area contributed by atoms with Crippen LogP contribution in [0.2, 0.25) is 18.1 Å². The number of urea groups is 1. The molecular formula is C45H72N8O8Si. The lowest BCUT2D eigenvalue weighted by atomic mass is 10.0. The highest BCUT2D eigenvalue weighted by Gasteiger charge is 2.61. The van der Waals surface area contributed by atoms with Crippen molar-refractivity contribution in [3.8, 4) is 5.69 Å². The maximum atomic E-state index is 13.2. The second-order valence-corrected chi connectivity index (χ2v) is 26.1. The number of benzene rings is 1. The molecule has 1 saturated carbocycles. The molecule has 2 aromatic rings. The van der Waals surface area contributed by atoms with Crippen molar-refractivity contribution in [1.82, 2.24) is 34.9 Å². The number of fused-ring (bicyclic) bond motifs is 1. The fraction of sp³-hybridized carbons (Fsp3) is 0.689. The Bertz CT molecular complexity index is 1990. The average Bonchev–Trinajstić information content (AvgIpc) is 3.68. The summed E-state index contributed by atoms with van der Waals surface area (Å²) in [4.78, 5) is 74.2. The monoisotopic (exact) mass is 881 g/mol. The van der Waals surface area contributed by atoms with E-state index in [-0.39, 0.29) is 61.1 Å². The van der Waals surface area contributed by atoms with Crippen molar-refractivity contribution < 1.29 is 33.1 Å². The Morgan fingerprint density at radius 3 is 1.98 bits per heavy atom. The summed E-state index contributed by atoms with van der Waals surface area (Å²) >= 11 is 0. The fourth-order valence-electron chi connectivity index (χ4n) is 8.16. The molecule has 3 fully saturated rings. The van der Waals surface area contributed by atoms with Crippen molar-refractivity contribution in [2.75, 3.05) is 51.2 Å². The number of aromatic nitrogens is 2. The molecule has 1 aromatic heterocycles. The first-order valence-electron chi connectivity index (χ1n) is 22.0. The van der Waals surface area contributed by atoms with E-state index < -0.39 is 42.9 Å². The van der Waals surface area contributed by atoms with Gasteiger partial charge in [0.25, 0.3) is 0 Å². The number of amides is 5. The van der Waals surface area contributed by atoms with Gasteiger partial charge in [0, 0.05) is 64.2 Å². The number of piperazine rings is 1. The van der Waals surface area contributed by atoms with Gasteiger partial charge in [0.2, 0.25) is 5.91 Å². The first-order chi connectivity index (χ1) is 28.5. The lowest BCUT2D eigenvalue weighted by Crippen LogP contribution is -2.60. The average molecular weight is 881 g/mol. The topological polar surface area (TPSA) is 177 Å². The highest BCUT2D eigenvalue weighted by Crippen LogP contribution is 2.56. The van der Waals surface area contributed by atoms with E-state index in [9.17, 15) is 24.0 Å². The molecule has 16 nitrogen and oxygen atoms in total. The minimum atomic E-state index is -1.99. The van der Waals surface area contributed by atoms with Gasteiger partial charge in [-0.2, -0.15) is 4.98 Å². The van der Waals surface area contributed by atoms with Crippen LogP contribution < -0.4 is 21.6 Å². The maximum Gasteiger partial charge on any atom is 0.408 e. The van der Waals surface area contributed by atoms with Crippen LogP contribution in [-0.4, -0.2) is 131 Å². The van der Waals surface area contributed by atoms with Crippen molar-refractivity contribution in [3.05, 3.63) is 52.6 Å². The molecule has 3 aliphatic rings. The Morgan fingerprint density at radius 1 is 0.839 bits per heavy atom. The van der Waals surface area contributed by atoms with Gasteiger partial charge in [0.05, 0.1) is 5.69 Å². The molecule has 1 unspecified atom stereocenters. The second-order valence-electron chi connectivity index (χ2n) is 21.3. The van der Waals surface area contributed by atoms with Crippen molar-refractivity contribution in [2.45, 2.75) is 136 Å². The minimum absolute atomic E-state index is 0.0977. The molecule has 2 saturated heterocycles. The molecule has 0 spiro atoms. The summed E-state index contributed by atoms with van der Waals surface area (Å²) in [6.45, 7) is 31.0. The van der Waals surface area contributed by atoms with Gasteiger partial charge >= 0.3 is 23.9 Å². The third-order valence-electron chi connectivity index (χ3n) is 12.5. The highest BCUT2D eigenvalue weighted by atomic mass is 28.4. The summed E-state index contributed by atoms with van der Waals surface area (Å²) in [6.07, 6.45) is 1.36. The first-order valence-corrected chi connectivity index (χ1v) is 24.9. The number of anilines is 1. The van der Waals surface area contributed by atoms with Gasteiger partial charge in [-0.05, 0) is 128 Å². The smallest absolute Gasteiger partial charge is 0.408 e. The Balaban J connectivity index is 1.14. The minimum Gasteiger partial charge on any atom is -0.444 e. The summed E-state index contributed by atoms with van der Waals surface area (Å²) in [5, 5.41) is 8.47. The largest absolute Gasteiger partial charge is 0.444 e. The summed E-state index contributed by atoms with van der Waals surface area (Å²) < 4.78 is 19.1. The number of hydrogen-bond acceptors (Lipinski definition) is 10. The van der Waals surface area contributed by atoms with Gasteiger partial charge in [-0.1, -0.05) is 32.9 Å². The van der Waals surface area contributed by atoms with Gasteiger partial charge in [-0.15, -0.1) is 0 Å². The third-order valence-corrected chi connectivity index (χ3v) is 17.0. The van der Waals surface area contributed by atoms with Gasteiger partial charge in [0.1, 0.15) is 22.6 Å². The van der Waals surface area contributed by atoms with Crippen LogP contribution in [0, 0.1) is 17.8 Å². The Labute approximate surface area is 368 Å². The van der Waals surface area contributed by atoms with Gasteiger partial charge in [-0.3, -0.25) is 19.6 Å². The molecule has 5 amide bonds. The van der Waals surface area contributed by atoms with Crippen LogP contribution in [0.5, 0.6) is 0 Å². The second kappa shape index (κ2) is 18.3. The van der Waals surface area contributed by atoms with E-state index in [4.69, 9.17) is 13.9 Å². The van der Waals surface area contributed by atoms with Gasteiger partial charge < -0.3 is 34.3 Å². The summed E-state index contributed by atoms with van der Waals surface area (Å²) in [6, 6.07) is 9.54. The van der Waals surface area contributed by atoms with Crippen LogP contribution in [0.15, 0.2) is 41.3 Å². The number of carbonyl (C=O) groups is 4. The van der Waals surface area contributed by atoms with E-state index in [0.717, 1.165) is 18.5 Å². The third kappa shape index (κ3) is 12.4. The van der Waals surface area contributed by atoms with Crippen molar-refractivity contribution >= 4 is 38.3 Å². The Kier molecular flexibility index (Phi) is 14.3. The SMILES string of the molecule is CC(Cc1ccc(-n2ccc(NC(=O)N3CCN(C(=O)C(C)(C)NC(=O)OC(C)(C)C)CC3)nc2=O)cc1)N1C[C@@H]2[C@@H](CNC(=O)OC(C)(C)C)[C@@H]2[C@H]1CO[Si](C)(C)C(C)(C)C. The Hall–Kier alpha value is -4.48. The fourth-order valence-corrected chi connectivity index (χ4v) is 9.18. The van der Waals surface area contributed by atoms with E-state index in [2.05, 4.69) is 66.6 Å². The highest BCUT2D eigenvalue weighted by molar-refractivity contribution is 6.74. The number of alkyl carbamates (subject to hydrolysis) is 2. The van der Waals surface area contributed by atoms with Crippen LogP contribution >= 0.6 is 0 Å². The predicted molar refractivity (Wildman–Crippen MR) is 242 cm³/mol. The predicted octanol–water partition coefficient (Wildman–Crippen LogP) is 6.24. The van der Waals surface area contributed by atoms with E-state index in [1.54, 1.807) is 56.7 Å². The molecule has 0 radical (unpaired) electrons. The molecule has 62 heavy (non-hydrogen) atoms. The molecule has 0 bridgehead atoms. The molecule has 3 heterocycles. The van der Waals surface area contributed by atoms with E-state index >= 15 is 0 Å². The van der Waals surface area contributed by atoms with Crippen molar-refractivity contribution in [2.24, 2.45) is 17.8 Å². The van der Waals surface area contributed by atoms with E-state index in [0.29, 0.717) is 36.6 Å². The van der Waals surface area contributed by atoms with E-state index in [1.165, 1.54) is 4.57 Å². The molecule has 5 atom stereocenters. The number of nitrogens with zero attached hydrogens (tertiary/aromatic N) is 5. The van der Waals surface area contributed by atoms with Crippen LogP contribution in [0.1, 0.15) is 88.6 Å². The molecule has 344 valence electrons. The number of likely N-dealkylation sites (tertiary alicyclic amines) is 1. The van der Waals surface area contributed by atoms with Gasteiger partial charge in [-0.25, -0.2) is 19.2 Å². The number of carbonyl (C=O) groups excluding carboxylic acids is 4. The van der Waals surface area contributed by atoms with Crippen LogP contribution in [0.25, 0.3) is 5.69 Å². The van der Waals surface area contributed by atoms with E-state index in [1.807, 2.05) is 45.0 Å². The number of hydrogen-bond donors (Lipinski definition) is 3. The number of piperidine rings is 1. The molecule has 5 rings (SSSR count). The van der Waals surface area contributed by atoms with Crippen molar-refractivity contribution in [1.29, 1.82) is 0 Å². The molecule has 17 heteroatoms. The van der Waals surface area contributed by atoms with Crippen molar-refractivity contribution in [3.63, 3.8) is 0 Å². The zero-order chi connectivity index (χ0) is 46.2. The number of rotatable bonds is 12. The number of nitrogens with one attached hydrogen (secondary N) is 3. The summed E-state index contributed by atoms with van der Waals surface area (Å²) in [5.41, 5.74) is -1.18. The zero-order valence-corrected chi connectivity index (χ0v) is 40.5. The van der Waals surface area contributed by atoms with Crippen LogP contribution in [0.3, 0.4) is 0 Å². The van der Waals surface area contributed by atoms with Gasteiger partial charge in [0.15, 0.2) is 8.32 Å². The van der Waals surface area contributed by atoms with Crippen LogP contribution in [-0.2, 0) is 25.1 Å². The maximum absolute atomic E-state index is 13.2. The number of ether oxygens (including phenoxy) is 2. The van der Waals surface area contributed by atoms with Crippen LogP contribution in [0.4, 0.5) is 20.2 Å². The summed E-state index contributed by atoms with van der Waals surface area (Å²) in [5.74, 6) is 1.18. The molecule has 1 aliphatic carbocycles. The molecular weight excluding hydrogens is 809 g/mol. The quantitative estimate of drug-likeness (QED) is 0.207. The lowest BCUT2D eigenvalue weighted by Gasteiger charge is -2.40. The standard InChI is InChI=1S/C45H72N8O8Si/c1-29(53-27-33-32(26-46-40(57)60-42(2,3)4)36(33)34(53)28-59-62(13,14)44(8,9)10)25-30-15-17-31(18-16-30)52-20-19-35(48-39(52)56)47-38(55)51-23-21-50(22-24-51)37(54)45(11,12)49-41(58)61-43(5,6)7/h15-20,29,32-34,36H,21-28H2,1-14H3,(H,46,57)(H,49,58)(H,47,48,55,56)/t29?,32-,33-,34-,36+/m1/s1. The molecule has 2 aliphatic heterocycles. The summed E-state index contributed by atoms with van der Waals surface area (Å²) in [7, 11) is -1.99.